The van der Waals surface area contributed by atoms with Crippen molar-refractivity contribution in [2.75, 3.05) is 13.1 Å². The number of nitrogens with zero attached hydrogens (tertiary/aromatic N) is 1. The predicted molar refractivity (Wildman–Crippen MR) is 142 cm³/mol. The first kappa shape index (κ1) is 31.2. The second-order valence-electron chi connectivity index (χ2n) is 9.97. The number of amides is 1. The van der Waals surface area contributed by atoms with E-state index in [9.17, 15) is 19.5 Å². The minimum Gasteiger partial charge on any atom is -0.377 e. The van der Waals surface area contributed by atoms with E-state index in [0.717, 1.165) is 25.7 Å². The second kappa shape index (κ2) is 16.8. The van der Waals surface area contributed by atoms with Gasteiger partial charge >= 0.3 is 0 Å². The zero-order valence-corrected chi connectivity index (χ0v) is 22.4. The topological polar surface area (TPSA) is 113 Å². The number of aliphatic hydroxyl groups is 1. The Bertz CT molecular complexity index is 700. The van der Waals surface area contributed by atoms with Crippen molar-refractivity contribution in [2.24, 2.45) is 23.5 Å². The van der Waals surface area contributed by atoms with Crippen LogP contribution in [0.5, 0.6) is 0 Å². The highest BCUT2D eigenvalue weighted by molar-refractivity contribution is 6.37. The maximum atomic E-state index is 13.4. The summed E-state index contributed by atoms with van der Waals surface area (Å²) in [6.45, 7) is 12.1. The maximum Gasteiger partial charge on any atom is 0.287 e. The van der Waals surface area contributed by atoms with E-state index in [1.807, 2.05) is 13.0 Å². The van der Waals surface area contributed by atoms with E-state index in [4.69, 9.17) is 5.73 Å². The van der Waals surface area contributed by atoms with Gasteiger partial charge in [0, 0.05) is 31.0 Å². The predicted octanol–water partition coefficient (Wildman–Crippen LogP) is 3.75. The SMILES string of the molecule is C=CCNC(=O)C(=O)C(CCC)C(C)C(=O)[C@@H]1C=CCN1C(O)[C@@H](N)C1CCCCCC1.CCC. The van der Waals surface area contributed by atoms with Crippen molar-refractivity contribution >= 4 is 17.5 Å². The molecular weight excluding hydrogens is 442 g/mol. The molecule has 35 heavy (non-hydrogen) atoms. The minimum atomic E-state index is -0.925. The first-order chi connectivity index (χ1) is 16.7. The summed E-state index contributed by atoms with van der Waals surface area (Å²) in [7, 11) is 0. The normalized spacial score (nSPS) is 22.2. The Morgan fingerprint density at radius 2 is 1.77 bits per heavy atom. The zero-order valence-electron chi connectivity index (χ0n) is 22.4. The first-order valence-corrected chi connectivity index (χ1v) is 13.6. The third-order valence-electron chi connectivity index (χ3n) is 7.03. The zero-order chi connectivity index (χ0) is 26.4. The fourth-order valence-electron chi connectivity index (χ4n) is 5.03. The van der Waals surface area contributed by atoms with Gasteiger partial charge in [-0.05, 0) is 25.2 Å². The molecule has 200 valence electrons. The van der Waals surface area contributed by atoms with E-state index in [2.05, 4.69) is 25.7 Å². The molecule has 0 spiro atoms. The van der Waals surface area contributed by atoms with Crippen molar-refractivity contribution in [3.8, 4) is 0 Å². The molecule has 0 radical (unpaired) electrons. The molecule has 1 aliphatic heterocycles. The summed E-state index contributed by atoms with van der Waals surface area (Å²) in [5, 5.41) is 13.6. The van der Waals surface area contributed by atoms with Crippen molar-refractivity contribution in [2.45, 2.75) is 104 Å². The second-order valence-corrected chi connectivity index (χ2v) is 9.97. The van der Waals surface area contributed by atoms with Gasteiger partial charge in [-0.1, -0.05) is 84.4 Å². The Morgan fingerprint density at radius 1 is 1.17 bits per heavy atom. The summed E-state index contributed by atoms with van der Waals surface area (Å²) in [6.07, 6.45) is 13.3. The van der Waals surface area contributed by atoms with Gasteiger partial charge in [-0.15, -0.1) is 6.58 Å². The average molecular weight is 492 g/mol. The molecule has 0 aromatic heterocycles. The van der Waals surface area contributed by atoms with Crippen LogP contribution >= 0.6 is 0 Å². The van der Waals surface area contributed by atoms with Crippen LogP contribution in [0.4, 0.5) is 0 Å². The fraction of sp³-hybridized carbons (Fsp3) is 0.750. The van der Waals surface area contributed by atoms with Gasteiger partial charge < -0.3 is 16.2 Å². The van der Waals surface area contributed by atoms with E-state index in [1.165, 1.54) is 25.3 Å². The smallest absolute Gasteiger partial charge is 0.287 e. The van der Waals surface area contributed by atoms with Crippen LogP contribution in [-0.2, 0) is 14.4 Å². The first-order valence-electron chi connectivity index (χ1n) is 13.6. The van der Waals surface area contributed by atoms with E-state index in [-0.39, 0.29) is 18.2 Å². The van der Waals surface area contributed by atoms with Crippen molar-refractivity contribution < 1.29 is 19.5 Å². The van der Waals surface area contributed by atoms with Gasteiger partial charge in [-0.3, -0.25) is 19.3 Å². The van der Waals surface area contributed by atoms with Crippen molar-refractivity contribution in [1.29, 1.82) is 0 Å². The molecule has 2 rings (SSSR count). The molecular formula is C28H49N3O4. The number of rotatable bonds is 12. The summed E-state index contributed by atoms with van der Waals surface area (Å²) in [5.41, 5.74) is 6.48. The molecule has 7 nitrogen and oxygen atoms in total. The molecule has 2 aliphatic rings. The van der Waals surface area contributed by atoms with E-state index in [0.29, 0.717) is 19.4 Å². The van der Waals surface area contributed by atoms with Crippen LogP contribution in [-0.4, -0.2) is 58.9 Å². The van der Waals surface area contributed by atoms with Gasteiger partial charge in [-0.2, -0.15) is 0 Å². The van der Waals surface area contributed by atoms with Gasteiger partial charge in [0.25, 0.3) is 5.91 Å². The van der Waals surface area contributed by atoms with Crippen LogP contribution in [0.15, 0.2) is 24.8 Å². The van der Waals surface area contributed by atoms with Crippen molar-refractivity contribution in [3.05, 3.63) is 24.8 Å². The summed E-state index contributed by atoms with van der Waals surface area (Å²) in [6, 6.07) is -1.06. The maximum absolute atomic E-state index is 13.4. The molecule has 1 amide bonds. The van der Waals surface area contributed by atoms with Gasteiger partial charge in [0.2, 0.25) is 5.78 Å². The lowest BCUT2D eigenvalue weighted by Gasteiger charge is -2.37. The van der Waals surface area contributed by atoms with Crippen LogP contribution in [0.25, 0.3) is 0 Å². The Hall–Kier alpha value is -1.83. The summed E-state index contributed by atoms with van der Waals surface area (Å²) < 4.78 is 0. The van der Waals surface area contributed by atoms with Gasteiger partial charge in [0.1, 0.15) is 6.23 Å². The number of hydrogen-bond acceptors (Lipinski definition) is 6. The number of hydrogen-bond donors (Lipinski definition) is 3. The molecule has 1 aliphatic carbocycles. The van der Waals surface area contributed by atoms with E-state index >= 15 is 0 Å². The van der Waals surface area contributed by atoms with Crippen LogP contribution in [0.2, 0.25) is 0 Å². The van der Waals surface area contributed by atoms with Gasteiger partial charge in [0.05, 0.1) is 6.04 Å². The third-order valence-corrected chi connectivity index (χ3v) is 7.03. The molecule has 0 aromatic carbocycles. The molecule has 0 bridgehead atoms. The van der Waals surface area contributed by atoms with Crippen LogP contribution in [0.1, 0.15) is 85.5 Å². The van der Waals surface area contributed by atoms with E-state index in [1.54, 1.807) is 17.9 Å². The van der Waals surface area contributed by atoms with Crippen molar-refractivity contribution in [1.82, 2.24) is 10.2 Å². The lowest BCUT2D eigenvalue weighted by atomic mass is 9.81. The molecule has 5 atom stereocenters. The number of carbonyl (C=O) groups excluding carboxylic acids is 3. The number of Topliss-reactive ketones (excluding diaryl/α,β-unsaturated/α-hetero) is 2. The van der Waals surface area contributed by atoms with Gasteiger partial charge in [0.15, 0.2) is 5.78 Å². The number of nitrogens with one attached hydrogen (secondary N) is 1. The summed E-state index contributed by atoms with van der Waals surface area (Å²) in [4.78, 5) is 40.2. The number of ketones is 2. The Labute approximate surface area is 212 Å². The molecule has 1 fully saturated rings. The van der Waals surface area contributed by atoms with Gasteiger partial charge in [-0.25, -0.2) is 0 Å². The van der Waals surface area contributed by atoms with Crippen LogP contribution in [0, 0.1) is 17.8 Å². The fourth-order valence-corrected chi connectivity index (χ4v) is 5.03. The number of carbonyl (C=O) groups is 3. The van der Waals surface area contributed by atoms with E-state index < -0.39 is 41.8 Å². The Morgan fingerprint density at radius 3 is 2.31 bits per heavy atom. The molecule has 1 saturated carbocycles. The molecule has 7 heteroatoms. The average Bonchev–Trinajstić information content (AvgIpc) is 3.18. The highest BCUT2D eigenvalue weighted by Gasteiger charge is 2.41. The summed E-state index contributed by atoms with van der Waals surface area (Å²) in [5.74, 6) is -2.51. The molecule has 0 saturated heterocycles. The lowest BCUT2D eigenvalue weighted by molar-refractivity contribution is -0.144. The standard InChI is InChI=1S/C25H41N3O4.C3H8/c1-4-11-19(23(30)24(31)27-15-5-2)17(3)22(29)20-14-10-16-28(20)25(32)21(26)18-12-8-6-7-9-13-18;1-3-2/h5,10,14,17-21,25,32H,2,4,6-9,11-13,15-16,26H2,1,3H3,(H,27,31);3H2,1-2H3/t17?,19?,20-,21-,25?;/m0./s1. The quantitative estimate of drug-likeness (QED) is 0.218. The van der Waals surface area contributed by atoms with Crippen LogP contribution in [0.3, 0.4) is 0 Å². The lowest BCUT2D eigenvalue weighted by Crippen LogP contribution is -2.55. The molecule has 1 heterocycles. The monoisotopic (exact) mass is 491 g/mol. The van der Waals surface area contributed by atoms with Crippen molar-refractivity contribution in [3.63, 3.8) is 0 Å². The number of nitrogens with two attached hydrogens (primary N) is 1. The molecule has 0 aromatic rings. The minimum absolute atomic E-state index is 0.158. The highest BCUT2D eigenvalue weighted by atomic mass is 16.3. The largest absolute Gasteiger partial charge is 0.377 e. The number of aliphatic hydroxyl groups excluding tert-OH is 1. The molecule has 3 unspecified atom stereocenters. The molecule has 4 N–H and O–H groups in total. The third kappa shape index (κ3) is 9.28. The summed E-state index contributed by atoms with van der Waals surface area (Å²) >= 11 is 0. The highest BCUT2D eigenvalue weighted by Crippen LogP contribution is 2.30. The Balaban J connectivity index is 0.00000194. The van der Waals surface area contributed by atoms with Crippen LogP contribution < -0.4 is 11.1 Å². The Kier molecular flexibility index (Phi) is 15.0.